The van der Waals surface area contributed by atoms with E-state index < -0.39 is 18.2 Å². The van der Waals surface area contributed by atoms with Gasteiger partial charge in [-0.2, -0.15) is 0 Å². The third kappa shape index (κ3) is 7.23. The first-order valence-corrected chi connectivity index (χ1v) is 15.8. The van der Waals surface area contributed by atoms with Gasteiger partial charge in [-0.15, -0.1) is 0 Å². The summed E-state index contributed by atoms with van der Waals surface area (Å²) >= 11 is 0. The Morgan fingerprint density at radius 2 is 1.72 bits per heavy atom. The number of amides is 2. The van der Waals surface area contributed by atoms with Crippen LogP contribution in [-0.4, -0.2) is 64.7 Å². The van der Waals surface area contributed by atoms with E-state index in [0.29, 0.717) is 24.0 Å². The minimum absolute atomic E-state index is 0.118. The maximum absolute atomic E-state index is 14.1. The molecule has 0 bridgehead atoms. The van der Waals surface area contributed by atoms with Crippen molar-refractivity contribution in [2.75, 3.05) is 32.1 Å². The van der Waals surface area contributed by atoms with Gasteiger partial charge in [0.05, 0.1) is 19.0 Å². The molecule has 0 radical (unpaired) electrons. The summed E-state index contributed by atoms with van der Waals surface area (Å²) in [4.78, 5) is 38.3. The Bertz CT molecular complexity index is 1600. The number of aromatic amines is 1. The van der Waals surface area contributed by atoms with Crippen LogP contribution in [0, 0.1) is 11.7 Å². The number of imidazole rings is 1. The van der Waals surface area contributed by atoms with Crippen molar-refractivity contribution in [1.82, 2.24) is 19.8 Å². The van der Waals surface area contributed by atoms with E-state index in [1.807, 2.05) is 59.5 Å². The number of methoxy groups -OCH3 is 1. The molecular formula is C36H40FN5O4. The average Bonchev–Trinajstić information content (AvgIpc) is 3.58. The Morgan fingerprint density at radius 3 is 2.41 bits per heavy atom. The number of carbonyl (C=O) groups excluding carboxylic acids is 2. The van der Waals surface area contributed by atoms with Gasteiger partial charge in [-0.25, -0.2) is 19.0 Å². The Kier molecular flexibility index (Phi) is 9.63. The van der Waals surface area contributed by atoms with E-state index in [4.69, 9.17) is 9.72 Å². The quantitative estimate of drug-likeness (QED) is 0.223. The Balaban J connectivity index is 1.34. The van der Waals surface area contributed by atoms with E-state index in [1.165, 1.54) is 19.2 Å². The third-order valence-corrected chi connectivity index (χ3v) is 9.23. The van der Waals surface area contributed by atoms with Crippen LogP contribution in [0.4, 0.5) is 19.7 Å². The highest BCUT2D eigenvalue weighted by Crippen LogP contribution is 2.44. The first-order valence-electron chi connectivity index (χ1n) is 15.8. The molecule has 2 aliphatic heterocycles. The predicted octanol–water partition coefficient (Wildman–Crippen LogP) is 7.36. The summed E-state index contributed by atoms with van der Waals surface area (Å²) in [5.74, 6) is 0.846. The van der Waals surface area contributed by atoms with Crippen LogP contribution >= 0.6 is 0 Å². The first-order chi connectivity index (χ1) is 22.4. The topological polar surface area (TPSA) is 99.8 Å². The molecule has 3 atom stereocenters. The van der Waals surface area contributed by atoms with Crippen LogP contribution in [0.2, 0.25) is 0 Å². The van der Waals surface area contributed by atoms with E-state index in [2.05, 4.69) is 26.9 Å². The molecule has 10 heteroatoms. The van der Waals surface area contributed by atoms with Crippen LogP contribution in [0.1, 0.15) is 55.1 Å². The lowest BCUT2D eigenvalue weighted by atomic mass is 9.80. The zero-order valence-electron chi connectivity index (χ0n) is 26.2. The summed E-state index contributed by atoms with van der Waals surface area (Å²) in [6.45, 7) is 4.90. The lowest BCUT2D eigenvalue weighted by molar-refractivity contribution is 0.0148. The molecule has 46 heavy (non-hydrogen) atoms. The van der Waals surface area contributed by atoms with Gasteiger partial charge in [0, 0.05) is 24.2 Å². The Hall–Kier alpha value is -4.70. The molecule has 3 aromatic carbocycles. The minimum atomic E-state index is -0.544. The maximum atomic E-state index is 14.1. The molecule has 0 spiro atoms. The van der Waals surface area contributed by atoms with Gasteiger partial charge in [-0.05, 0) is 79.2 Å². The van der Waals surface area contributed by atoms with Gasteiger partial charge in [0.2, 0.25) is 0 Å². The molecule has 0 aliphatic carbocycles. The highest BCUT2D eigenvalue weighted by molar-refractivity contribution is 5.84. The van der Waals surface area contributed by atoms with Crippen molar-refractivity contribution in [3.05, 3.63) is 108 Å². The van der Waals surface area contributed by atoms with Gasteiger partial charge in [0.25, 0.3) is 0 Å². The zero-order valence-corrected chi connectivity index (χ0v) is 26.2. The Labute approximate surface area is 268 Å². The number of nitrogens with one attached hydrogen (secondary N) is 2. The summed E-state index contributed by atoms with van der Waals surface area (Å²) in [7, 11) is 1.32. The van der Waals surface area contributed by atoms with Crippen molar-refractivity contribution in [1.29, 1.82) is 0 Å². The number of aromatic nitrogens is 2. The van der Waals surface area contributed by atoms with E-state index in [1.54, 1.807) is 18.3 Å². The van der Waals surface area contributed by atoms with E-state index in [0.717, 1.165) is 54.7 Å². The second-order valence-electron chi connectivity index (χ2n) is 12.3. The number of hydrogen-bond donors (Lipinski definition) is 2. The third-order valence-electron chi connectivity index (χ3n) is 9.23. The molecule has 3 heterocycles. The maximum Gasteiger partial charge on any atom is 0.411 e. The summed E-state index contributed by atoms with van der Waals surface area (Å²) in [5.41, 5.74) is 4.08. The molecule has 240 valence electrons. The van der Waals surface area contributed by atoms with E-state index in [9.17, 15) is 14.0 Å². The van der Waals surface area contributed by atoms with Gasteiger partial charge in [-0.3, -0.25) is 15.1 Å². The molecule has 2 fully saturated rings. The molecule has 9 nitrogen and oxygen atoms in total. The molecule has 2 aliphatic rings. The first kappa shape index (κ1) is 31.3. The van der Waals surface area contributed by atoms with Crippen LogP contribution in [-0.2, 0) is 16.1 Å². The molecule has 2 saturated heterocycles. The van der Waals surface area contributed by atoms with Gasteiger partial charge < -0.3 is 14.5 Å². The fourth-order valence-electron chi connectivity index (χ4n) is 6.61. The van der Waals surface area contributed by atoms with Crippen LogP contribution in [0.25, 0.3) is 11.3 Å². The standard InChI is InChI=1S/C36H40FN5O4/c1-24-16-18-41(19-17-24)30-20-31(26-8-12-28(37)13-9-26)33(42(22-30)36(44)46-23-25-6-4-3-5-7-25)34-38-21-32(40-34)27-10-14-29(15-11-27)39-35(43)45-2/h3-15,21,24,30-31,33H,16-20,22-23H2,1-2H3,(H,38,40)(H,39,43). The van der Waals surface area contributed by atoms with Crippen LogP contribution in [0.15, 0.2) is 85.1 Å². The van der Waals surface area contributed by atoms with E-state index in [-0.39, 0.29) is 24.4 Å². The highest BCUT2D eigenvalue weighted by Gasteiger charge is 2.44. The van der Waals surface area contributed by atoms with Crippen molar-refractivity contribution in [3.8, 4) is 11.3 Å². The average molecular weight is 626 g/mol. The number of rotatable bonds is 7. The number of likely N-dealkylation sites (tertiary alicyclic amines) is 2. The molecule has 1 aromatic heterocycles. The summed E-state index contributed by atoms with van der Waals surface area (Å²) in [6, 6.07) is 23.2. The van der Waals surface area contributed by atoms with Crippen LogP contribution < -0.4 is 5.32 Å². The van der Waals surface area contributed by atoms with Crippen molar-refractivity contribution in [2.24, 2.45) is 5.92 Å². The number of anilines is 1. The SMILES string of the molecule is COC(=O)Nc1ccc(-c2cnc(C3C(c4ccc(F)cc4)CC(N4CCC(C)CC4)CN3C(=O)OCc3ccccc3)[nH]2)cc1. The number of carbonyl (C=O) groups is 2. The summed E-state index contributed by atoms with van der Waals surface area (Å²) in [6.07, 6.45) is 3.83. The molecule has 4 aromatic rings. The van der Waals surface area contributed by atoms with Gasteiger partial charge in [0.15, 0.2) is 0 Å². The number of nitrogens with zero attached hydrogens (tertiary/aromatic N) is 3. The molecule has 2 N–H and O–H groups in total. The van der Waals surface area contributed by atoms with E-state index >= 15 is 0 Å². The zero-order chi connectivity index (χ0) is 32.0. The van der Waals surface area contributed by atoms with Crippen molar-refractivity contribution >= 4 is 17.9 Å². The fraction of sp³-hybridized carbons (Fsp3) is 0.361. The van der Waals surface area contributed by atoms with Crippen molar-refractivity contribution in [2.45, 2.75) is 50.8 Å². The van der Waals surface area contributed by atoms with Gasteiger partial charge in [0.1, 0.15) is 24.3 Å². The fourth-order valence-corrected chi connectivity index (χ4v) is 6.61. The number of ether oxygens (including phenoxy) is 2. The molecule has 3 unspecified atom stereocenters. The van der Waals surface area contributed by atoms with Crippen molar-refractivity contribution < 1.29 is 23.5 Å². The smallest absolute Gasteiger partial charge is 0.411 e. The second kappa shape index (κ2) is 14.2. The number of benzene rings is 3. The summed E-state index contributed by atoms with van der Waals surface area (Å²) < 4.78 is 24.7. The van der Waals surface area contributed by atoms with Crippen LogP contribution in [0.5, 0.6) is 0 Å². The minimum Gasteiger partial charge on any atom is -0.453 e. The van der Waals surface area contributed by atoms with Gasteiger partial charge in [-0.1, -0.05) is 61.5 Å². The normalized spacial score (nSPS) is 20.7. The Morgan fingerprint density at radius 1 is 1.00 bits per heavy atom. The van der Waals surface area contributed by atoms with Crippen molar-refractivity contribution in [3.63, 3.8) is 0 Å². The predicted molar refractivity (Wildman–Crippen MR) is 174 cm³/mol. The largest absolute Gasteiger partial charge is 0.453 e. The monoisotopic (exact) mass is 625 g/mol. The second-order valence-corrected chi connectivity index (χ2v) is 12.3. The number of piperidine rings is 2. The number of hydrogen-bond acceptors (Lipinski definition) is 6. The van der Waals surface area contributed by atoms with Crippen LogP contribution in [0.3, 0.4) is 0 Å². The molecule has 0 saturated carbocycles. The van der Waals surface area contributed by atoms with Gasteiger partial charge >= 0.3 is 12.2 Å². The molecule has 2 amide bonds. The lowest BCUT2D eigenvalue weighted by Gasteiger charge is -2.48. The highest BCUT2D eigenvalue weighted by atomic mass is 19.1. The lowest BCUT2D eigenvalue weighted by Crippen LogP contribution is -2.55. The number of H-pyrrole nitrogens is 1. The molecule has 6 rings (SSSR count). The molecular weight excluding hydrogens is 585 g/mol. The summed E-state index contributed by atoms with van der Waals surface area (Å²) in [5, 5.41) is 2.65. The number of halogens is 1.